The molecule has 0 radical (unpaired) electrons. The quantitative estimate of drug-likeness (QED) is 0.756. The van der Waals surface area contributed by atoms with Gasteiger partial charge in [-0.05, 0) is 25.0 Å². The van der Waals surface area contributed by atoms with E-state index >= 15 is 0 Å². The molecule has 0 spiro atoms. The molecule has 2 N–H and O–H groups in total. The molecular weight excluding hydrogens is 262 g/mol. The topological polar surface area (TPSA) is 58.5 Å². The summed E-state index contributed by atoms with van der Waals surface area (Å²) in [6.07, 6.45) is 3.58. The Morgan fingerprint density at radius 2 is 2.10 bits per heavy atom. The summed E-state index contributed by atoms with van der Waals surface area (Å²) in [6, 6.07) is 8.15. The van der Waals surface area contributed by atoms with Gasteiger partial charge in [0.2, 0.25) is 5.95 Å². The number of aromatic amines is 1. The van der Waals surface area contributed by atoms with Crippen LogP contribution in [-0.2, 0) is 13.0 Å². The minimum Gasteiger partial charge on any atom is -0.322 e. The minimum absolute atomic E-state index is 0.671. The van der Waals surface area contributed by atoms with Crippen LogP contribution in [0.25, 0.3) is 17.0 Å². The first-order valence-electron chi connectivity index (χ1n) is 7.66. The fraction of sp³-hybridized carbons (Fsp3) is 0.375. The Balaban J connectivity index is 1.71. The first kappa shape index (κ1) is 11.5. The molecule has 21 heavy (non-hydrogen) atoms. The Morgan fingerprint density at radius 1 is 1.19 bits per heavy atom. The maximum atomic E-state index is 4.90. The van der Waals surface area contributed by atoms with E-state index in [1.54, 1.807) is 0 Å². The van der Waals surface area contributed by atoms with Crippen molar-refractivity contribution in [1.29, 1.82) is 0 Å². The summed E-state index contributed by atoms with van der Waals surface area (Å²) in [5.74, 6) is 1.52. The molecule has 3 heterocycles. The van der Waals surface area contributed by atoms with E-state index < -0.39 is 0 Å². The third-order valence-electron chi connectivity index (χ3n) is 4.50. The third kappa shape index (κ3) is 1.74. The molecule has 1 aromatic carbocycles. The lowest BCUT2D eigenvalue weighted by molar-refractivity contribution is 0.618. The van der Waals surface area contributed by atoms with Crippen molar-refractivity contribution in [2.24, 2.45) is 0 Å². The molecule has 3 aromatic rings. The highest BCUT2D eigenvalue weighted by Gasteiger charge is 2.33. The predicted octanol–water partition coefficient (Wildman–Crippen LogP) is 2.27. The highest BCUT2D eigenvalue weighted by molar-refractivity contribution is 5.76. The zero-order valence-electron chi connectivity index (χ0n) is 11.8. The minimum atomic E-state index is 0.671. The Kier molecular flexibility index (Phi) is 2.29. The van der Waals surface area contributed by atoms with Gasteiger partial charge in [0.15, 0.2) is 0 Å². The molecule has 2 aromatic heterocycles. The van der Waals surface area contributed by atoms with Crippen LogP contribution in [0.3, 0.4) is 0 Å². The Bertz CT molecular complexity index is 791. The van der Waals surface area contributed by atoms with Gasteiger partial charge >= 0.3 is 0 Å². The smallest absolute Gasteiger partial charge is 0.229 e. The predicted molar refractivity (Wildman–Crippen MR) is 80.6 cm³/mol. The first-order valence-corrected chi connectivity index (χ1v) is 7.66. The molecule has 0 saturated heterocycles. The Morgan fingerprint density at radius 3 is 2.95 bits per heavy atom. The van der Waals surface area contributed by atoms with E-state index in [2.05, 4.69) is 16.4 Å². The number of nitrogens with zero attached hydrogens (tertiary/aromatic N) is 3. The average Bonchev–Trinajstić information content (AvgIpc) is 3.15. The van der Waals surface area contributed by atoms with Gasteiger partial charge in [-0.25, -0.2) is 9.67 Å². The Hall–Kier alpha value is -2.14. The molecule has 5 heteroatoms. The van der Waals surface area contributed by atoms with Gasteiger partial charge in [-0.15, -0.1) is 0 Å². The molecule has 106 valence electrons. The number of aromatic nitrogens is 4. The summed E-state index contributed by atoms with van der Waals surface area (Å²) in [4.78, 5) is 8.11. The summed E-state index contributed by atoms with van der Waals surface area (Å²) in [6.45, 7) is 1.96. The SMILES string of the molecule is c1ccc2[nH]c(-n3nc(C4CC4)c4c3CCNC4)nc2c1. The maximum absolute atomic E-state index is 4.90. The maximum Gasteiger partial charge on any atom is 0.229 e. The summed E-state index contributed by atoms with van der Waals surface area (Å²) in [5.41, 5.74) is 6.09. The van der Waals surface area contributed by atoms with Crippen molar-refractivity contribution in [3.63, 3.8) is 0 Å². The van der Waals surface area contributed by atoms with E-state index in [1.807, 2.05) is 22.9 Å². The number of imidazole rings is 1. The van der Waals surface area contributed by atoms with E-state index in [-0.39, 0.29) is 0 Å². The summed E-state index contributed by atoms with van der Waals surface area (Å²) >= 11 is 0. The third-order valence-corrected chi connectivity index (χ3v) is 4.50. The molecular formula is C16H17N5. The van der Waals surface area contributed by atoms with Gasteiger partial charge < -0.3 is 10.3 Å². The van der Waals surface area contributed by atoms with Crippen molar-refractivity contribution >= 4 is 11.0 Å². The zero-order valence-corrected chi connectivity index (χ0v) is 11.8. The van der Waals surface area contributed by atoms with Crippen LogP contribution in [0.2, 0.25) is 0 Å². The first-order chi connectivity index (χ1) is 10.4. The second-order valence-corrected chi connectivity index (χ2v) is 6.00. The fourth-order valence-electron chi connectivity index (χ4n) is 3.27. The van der Waals surface area contributed by atoms with Gasteiger partial charge in [-0.2, -0.15) is 5.10 Å². The number of fused-ring (bicyclic) bond motifs is 2. The van der Waals surface area contributed by atoms with Gasteiger partial charge in [0.1, 0.15) is 0 Å². The van der Waals surface area contributed by atoms with Crippen LogP contribution in [-0.4, -0.2) is 26.3 Å². The number of benzene rings is 1. The molecule has 1 fully saturated rings. The highest BCUT2D eigenvalue weighted by atomic mass is 15.4. The van der Waals surface area contributed by atoms with E-state index in [0.717, 1.165) is 36.5 Å². The van der Waals surface area contributed by atoms with Crippen LogP contribution < -0.4 is 5.32 Å². The number of hydrogen-bond donors (Lipinski definition) is 2. The van der Waals surface area contributed by atoms with Crippen LogP contribution in [0, 0.1) is 0 Å². The molecule has 0 unspecified atom stereocenters. The van der Waals surface area contributed by atoms with Gasteiger partial charge in [-0.3, -0.25) is 0 Å². The van der Waals surface area contributed by atoms with E-state index in [4.69, 9.17) is 10.1 Å². The van der Waals surface area contributed by atoms with Gasteiger partial charge in [-0.1, -0.05) is 12.1 Å². The van der Waals surface area contributed by atoms with Crippen LogP contribution >= 0.6 is 0 Å². The number of rotatable bonds is 2. The number of nitrogens with one attached hydrogen (secondary N) is 2. The van der Waals surface area contributed by atoms with Gasteiger partial charge in [0.05, 0.1) is 22.4 Å². The standard InChI is InChI=1S/C16H17N5/c1-2-4-13-12(3-1)18-16(19-13)21-14-7-8-17-9-11(14)15(20-21)10-5-6-10/h1-4,10,17H,5-9H2,(H,18,19). The highest BCUT2D eigenvalue weighted by Crippen LogP contribution is 2.42. The monoisotopic (exact) mass is 279 g/mol. The van der Waals surface area contributed by atoms with Gasteiger partial charge in [0, 0.05) is 31.0 Å². The Labute approximate surface area is 122 Å². The lowest BCUT2D eigenvalue weighted by Crippen LogP contribution is -2.25. The van der Waals surface area contributed by atoms with E-state index in [0.29, 0.717) is 5.92 Å². The van der Waals surface area contributed by atoms with Crippen molar-refractivity contribution in [2.45, 2.75) is 31.7 Å². The normalized spacial score (nSPS) is 18.1. The van der Waals surface area contributed by atoms with Crippen molar-refractivity contribution in [3.05, 3.63) is 41.2 Å². The van der Waals surface area contributed by atoms with Crippen LogP contribution in [0.5, 0.6) is 0 Å². The summed E-state index contributed by atoms with van der Waals surface area (Å²) < 4.78 is 2.05. The zero-order chi connectivity index (χ0) is 13.8. The second kappa shape index (κ2) is 4.18. The van der Waals surface area contributed by atoms with Gasteiger partial charge in [0.25, 0.3) is 0 Å². The fourth-order valence-corrected chi connectivity index (χ4v) is 3.27. The van der Waals surface area contributed by atoms with Crippen LogP contribution in [0.15, 0.2) is 24.3 Å². The second-order valence-electron chi connectivity index (χ2n) is 6.00. The largest absolute Gasteiger partial charge is 0.322 e. The molecule has 1 aliphatic carbocycles. The molecule has 1 aliphatic heterocycles. The summed E-state index contributed by atoms with van der Waals surface area (Å²) in [5, 5.41) is 8.37. The lowest BCUT2D eigenvalue weighted by Gasteiger charge is -2.14. The molecule has 5 rings (SSSR count). The van der Waals surface area contributed by atoms with Crippen molar-refractivity contribution in [1.82, 2.24) is 25.1 Å². The number of H-pyrrole nitrogens is 1. The number of hydrogen-bond acceptors (Lipinski definition) is 3. The summed E-state index contributed by atoms with van der Waals surface area (Å²) in [7, 11) is 0. The number of para-hydroxylation sites is 2. The van der Waals surface area contributed by atoms with Crippen molar-refractivity contribution in [2.75, 3.05) is 6.54 Å². The average molecular weight is 279 g/mol. The molecule has 1 saturated carbocycles. The lowest BCUT2D eigenvalue weighted by atomic mass is 10.0. The molecule has 0 amide bonds. The van der Waals surface area contributed by atoms with Crippen molar-refractivity contribution in [3.8, 4) is 5.95 Å². The molecule has 5 nitrogen and oxygen atoms in total. The molecule has 0 bridgehead atoms. The van der Waals surface area contributed by atoms with E-state index in [1.165, 1.54) is 29.8 Å². The molecule has 2 aliphatic rings. The van der Waals surface area contributed by atoms with Crippen LogP contribution in [0.1, 0.15) is 35.7 Å². The van der Waals surface area contributed by atoms with Crippen LogP contribution in [0.4, 0.5) is 0 Å². The van der Waals surface area contributed by atoms with Crippen molar-refractivity contribution < 1.29 is 0 Å². The molecule has 0 atom stereocenters. The van der Waals surface area contributed by atoms with E-state index in [9.17, 15) is 0 Å².